The SMILES string of the molecule is CCOC(=O)CCCNC(=O)CNC(C)CC. The van der Waals surface area contributed by atoms with E-state index < -0.39 is 0 Å². The highest BCUT2D eigenvalue weighted by molar-refractivity contribution is 5.78. The molecule has 0 aromatic rings. The van der Waals surface area contributed by atoms with Gasteiger partial charge in [-0.2, -0.15) is 0 Å². The molecule has 0 rings (SSSR count). The Hall–Kier alpha value is -1.10. The van der Waals surface area contributed by atoms with Crippen molar-refractivity contribution in [3.05, 3.63) is 0 Å². The fourth-order valence-corrected chi connectivity index (χ4v) is 1.17. The number of carbonyl (C=O) groups is 2. The summed E-state index contributed by atoms with van der Waals surface area (Å²) in [7, 11) is 0. The molecule has 0 saturated heterocycles. The number of ether oxygens (including phenoxy) is 1. The number of carbonyl (C=O) groups excluding carboxylic acids is 2. The minimum Gasteiger partial charge on any atom is -0.466 e. The third-order valence-corrected chi connectivity index (χ3v) is 2.41. The van der Waals surface area contributed by atoms with Crippen molar-refractivity contribution >= 4 is 11.9 Å². The number of hydrogen-bond acceptors (Lipinski definition) is 4. The highest BCUT2D eigenvalue weighted by Crippen LogP contribution is 1.91. The van der Waals surface area contributed by atoms with Crippen molar-refractivity contribution in [1.82, 2.24) is 10.6 Å². The highest BCUT2D eigenvalue weighted by atomic mass is 16.5. The molecule has 2 N–H and O–H groups in total. The summed E-state index contributed by atoms with van der Waals surface area (Å²) in [6, 6.07) is 0.347. The summed E-state index contributed by atoms with van der Waals surface area (Å²) in [5, 5.41) is 5.85. The first kappa shape index (κ1) is 15.9. The van der Waals surface area contributed by atoms with Crippen LogP contribution in [0.15, 0.2) is 0 Å². The molecule has 17 heavy (non-hydrogen) atoms. The van der Waals surface area contributed by atoms with Crippen LogP contribution in [0, 0.1) is 0 Å². The summed E-state index contributed by atoms with van der Waals surface area (Å²) in [5.41, 5.74) is 0. The predicted molar refractivity (Wildman–Crippen MR) is 66.6 cm³/mol. The van der Waals surface area contributed by atoms with Gasteiger partial charge in [0.25, 0.3) is 0 Å². The summed E-state index contributed by atoms with van der Waals surface area (Å²) < 4.78 is 4.78. The van der Waals surface area contributed by atoms with Crippen LogP contribution >= 0.6 is 0 Å². The second kappa shape index (κ2) is 10.1. The molecule has 0 aromatic carbocycles. The topological polar surface area (TPSA) is 67.4 Å². The Morgan fingerprint density at radius 2 is 2.00 bits per heavy atom. The van der Waals surface area contributed by atoms with Gasteiger partial charge in [-0.3, -0.25) is 9.59 Å². The van der Waals surface area contributed by atoms with Crippen LogP contribution in [0.1, 0.15) is 40.0 Å². The molecular formula is C12H24N2O3. The maximum atomic E-state index is 11.3. The van der Waals surface area contributed by atoms with E-state index in [0.29, 0.717) is 38.6 Å². The Morgan fingerprint density at radius 1 is 1.29 bits per heavy atom. The maximum absolute atomic E-state index is 11.3. The van der Waals surface area contributed by atoms with E-state index in [1.54, 1.807) is 6.92 Å². The lowest BCUT2D eigenvalue weighted by Crippen LogP contribution is -2.38. The maximum Gasteiger partial charge on any atom is 0.305 e. The van der Waals surface area contributed by atoms with Crippen LogP contribution < -0.4 is 10.6 Å². The van der Waals surface area contributed by atoms with E-state index in [1.807, 2.05) is 6.92 Å². The van der Waals surface area contributed by atoms with Gasteiger partial charge in [-0.05, 0) is 26.7 Å². The van der Waals surface area contributed by atoms with E-state index >= 15 is 0 Å². The van der Waals surface area contributed by atoms with Crippen molar-refractivity contribution in [2.75, 3.05) is 19.7 Å². The molecule has 0 fully saturated rings. The number of nitrogens with one attached hydrogen (secondary N) is 2. The van der Waals surface area contributed by atoms with Crippen LogP contribution in [0.2, 0.25) is 0 Å². The molecule has 1 atom stereocenters. The molecule has 1 unspecified atom stereocenters. The first-order valence-corrected chi connectivity index (χ1v) is 6.25. The van der Waals surface area contributed by atoms with Crippen LogP contribution in [0.5, 0.6) is 0 Å². The molecule has 100 valence electrons. The van der Waals surface area contributed by atoms with Crippen molar-refractivity contribution in [2.45, 2.75) is 46.1 Å². The van der Waals surface area contributed by atoms with E-state index in [2.05, 4.69) is 17.6 Å². The Balaban J connectivity index is 3.42. The zero-order valence-electron chi connectivity index (χ0n) is 11.0. The summed E-state index contributed by atoms with van der Waals surface area (Å²) in [4.78, 5) is 22.3. The fraction of sp³-hybridized carbons (Fsp3) is 0.833. The molecule has 1 amide bonds. The summed E-state index contributed by atoms with van der Waals surface area (Å²) in [6.45, 7) is 7.13. The Bertz CT molecular complexity index is 232. The minimum atomic E-state index is -0.209. The van der Waals surface area contributed by atoms with Crippen molar-refractivity contribution in [3.8, 4) is 0 Å². The largest absolute Gasteiger partial charge is 0.466 e. The molecule has 0 bridgehead atoms. The average Bonchev–Trinajstić information content (AvgIpc) is 2.32. The smallest absolute Gasteiger partial charge is 0.305 e. The van der Waals surface area contributed by atoms with E-state index in [1.165, 1.54) is 0 Å². The summed E-state index contributed by atoms with van der Waals surface area (Å²) >= 11 is 0. The van der Waals surface area contributed by atoms with E-state index in [9.17, 15) is 9.59 Å². The molecule has 0 radical (unpaired) electrons. The molecule has 0 aliphatic rings. The van der Waals surface area contributed by atoms with Crippen LogP contribution in [0.25, 0.3) is 0 Å². The number of rotatable bonds is 9. The Morgan fingerprint density at radius 3 is 2.59 bits per heavy atom. The van der Waals surface area contributed by atoms with Gasteiger partial charge in [0.1, 0.15) is 0 Å². The van der Waals surface area contributed by atoms with E-state index in [-0.39, 0.29) is 11.9 Å². The summed E-state index contributed by atoms with van der Waals surface area (Å²) in [6.07, 6.45) is 1.97. The highest BCUT2D eigenvalue weighted by Gasteiger charge is 2.04. The average molecular weight is 244 g/mol. The number of hydrogen-bond donors (Lipinski definition) is 2. The van der Waals surface area contributed by atoms with E-state index in [4.69, 9.17) is 4.74 Å². The predicted octanol–water partition coefficient (Wildman–Crippen LogP) is 0.834. The van der Waals surface area contributed by atoms with Crippen molar-refractivity contribution in [1.29, 1.82) is 0 Å². The third kappa shape index (κ3) is 9.81. The van der Waals surface area contributed by atoms with E-state index in [0.717, 1.165) is 6.42 Å². The van der Waals surface area contributed by atoms with Gasteiger partial charge in [-0.1, -0.05) is 6.92 Å². The molecule has 0 saturated carbocycles. The first-order chi connectivity index (χ1) is 8.10. The zero-order valence-corrected chi connectivity index (χ0v) is 11.0. The molecule has 0 heterocycles. The molecular weight excluding hydrogens is 220 g/mol. The molecule has 5 nitrogen and oxygen atoms in total. The number of esters is 1. The van der Waals surface area contributed by atoms with Gasteiger partial charge in [0, 0.05) is 19.0 Å². The van der Waals surface area contributed by atoms with Gasteiger partial charge in [0.05, 0.1) is 13.2 Å². The van der Waals surface area contributed by atoms with Crippen LogP contribution in [0.3, 0.4) is 0 Å². The van der Waals surface area contributed by atoms with Crippen LogP contribution in [-0.4, -0.2) is 37.6 Å². The lowest BCUT2D eigenvalue weighted by Gasteiger charge is -2.11. The Kier molecular flexibility index (Phi) is 9.43. The molecule has 0 aliphatic carbocycles. The van der Waals surface area contributed by atoms with Gasteiger partial charge in [-0.15, -0.1) is 0 Å². The van der Waals surface area contributed by atoms with Crippen LogP contribution in [0.4, 0.5) is 0 Å². The minimum absolute atomic E-state index is 0.0332. The van der Waals surface area contributed by atoms with Gasteiger partial charge >= 0.3 is 5.97 Å². The third-order valence-electron chi connectivity index (χ3n) is 2.41. The van der Waals surface area contributed by atoms with Gasteiger partial charge in [0.15, 0.2) is 0 Å². The van der Waals surface area contributed by atoms with Gasteiger partial charge in [0.2, 0.25) is 5.91 Å². The van der Waals surface area contributed by atoms with Crippen molar-refractivity contribution < 1.29 is 14.3 Å². The Labute approximate surface area is 103 Å². The standard InChI is InChI=1S/C12H24N2O3/c1-4-10(3)14-9-11(15)13-8-6-7-12(16)17-5-2/h10,14H,4-9H2,1-3H3,(H,13,15). The fourth-order valence-electron chi connectivity index (χ4n) is 1.17. The number of amides is 1. The molecule has 0 aromatic heterocycles. The van der Waals surface area contributed by atoms with Gasteiger partial charge in [-0.25, -0.2) is 0 Å². The zero-order chi connectivity index (χ0) is 13.1. The van der Waals surface area contributed by atoms with Crippen molar-refractivity contribution in [3.63, 3.8) is 0 Å². The lowest BCUT2D eigenvalue weighted by molar-refractivity contribution is -0.143. The molecule has 0 aliphatic heterocycles. The van der Waals surface area contributed by atoms with Crippen molar-refractivity contribution in [2.24, 2.45) is 0 Å². The molecule has 0 spiro atoms. The summed E-state index contributed by atoms with van der Waals surface area (Å²) in [5.74, 6) is -0.242. The van der Waals surface area contributed by atoms with Gasteiger partial charge < -0.3 is 15.4 Å². The first-order valence-electron chi connectivity index (χ1n) is 6.25. The monoisotopic (exact) mass is 244 g/mol. The normalized spacial score (nSPS) is 11.9. The second-order valence-electron chi connectivity index (χ2n) is 3.95. The lowest BCUT2D eigenvalue weighted by atomic mass is 10.2. The quantitative estimate of drug-likeness (QED) is 0.466. The molecule has 5 heteroatoms. The second-order valence-corrected chi connectivity index (χ2v) is 3.95. The van der Waals surface area contributed by atoms with Crippen LogP contribution in [-0.2, 0) is 14.3 Å².